The van der Waals surface area contributed by atoms with Crippen molar-refractivity contribution in [2.75, 3.05) is 59.0 Å². The fourth-order valence-corrected chi connectivity index (χ4v) is 8.38. The summed E-state index contributed by atoms with van der Waals surface area (Å²) in [4.78, 5) is 29.4. The molecule has 0 bridgehead atoms. The highest BCUT2D eigenvalue weighted by Gasteiger charge is 2.35. The highest BCUT2D eigenvalue weighted by atomic mass is 19.1. The number of hydrogen-bond acceptors (Lipinski definition) is 8. The summed E-state index contributed by atoms with van der Waals surface area (Å²) in [6.45, 7) is 6.24. The first kappa shape index (κ1) is 36.0. The molecule has 8 rings (SSSR count). The van der Waals surface area contributed by atoms with E-state index in [0.717, 1.165) is 53.9 Å². The molecule has 2 saturated heterocycles. The Morgan fingerprint density at radius 1 is 0.833 bits per heavy atom. The molecule has 2 amide bonds. The van der Waals surface area contributed by atoms with E-state index in [-0.39, 0.29) is 42.9 Å². The molecule has 0 aromatic heterocycles. The topological polar surface area (TPSA) is 127 Å². The molecule has 12 heteroatoms. The number of nitrogens with one attached hydrogen (secondary N) is 5. The molecule has 54 heavy (non-hydrogen) atoms. The molecule has 4 aliphatic rings. The van der Waals surface area contributed by atoms with E-state index in [4.69, 9.17) is 4.74 Å². The third-order valence-electron chi connectivity index (χ3n) is 11.4. The Bertz CT molecular complexity index is 2030. The van der Waals surface area contributed by atoms with Crippen LogP contribution in [0.25, 0.3) is 0 Å². The lowest BCUT2D eigenvalue weighted by molar-refractivity contribution is -0.117. The van der Waals surface area contributed by atoms with Gasteiger partial charge in [0.25, 0.3) is 0 Å². The second-order valence-corrected chi connectivity index (χ2v) is 15.0. The normalized spacial score (nSPS) is 22.2. The molecule has 4 atom stereocenters. The first-order valence-corrected chi connectivity index (χ1v) is 18.8. The van der Waals surface area contributed by atoms with Gasteiger partial charge in [0.1, 0.15) is 29.8 Å². The minimum atomic E-state index is -0.644. The van der Waals surface area contributed by atoms with Gasteiger partial charge in [-0.25, -0.2) is 8.78 Å². The Kier molecular flexibility index (Phi) is 9.99. The van der Waals surface area contributed by atoms with Gasteiger partial charge in [-0.2, -0.15) is 0 Å². The second kappa shape index (κ2) is 15.0. The van der Waals surface area contributed by atoms with E-state index in [0.29, 0.717) is 52.9 Å². The number of morpholine rings is 1. The zero-order chi connectivity index (χ0) is 37.5. The minimum Gasteiger partial charge on any atom is -0.394 e. The molecular weight excluding hydrogens is 690 g/mol. The highest BCUT2D eigenvalue weighted by molar-refractivity contribution is 5.99. The SMILES string of the molecule is Cc1ccc(F)c2c1NC(C(=O)Nc1cccc(N3CC(CO)OC(c4ccc(C5CCNCC5)cc4NC(=O)C4Cc5c(F)ccc(C)c5N4)C3)c1)C2. The van der Waals surface area contributed by atoms with Gasteiger partial charge in [-0.3, -0.25) is 9.59 Å². The maximum atomic E-state index is 14.7. The Morgan fingerprint density at radius 2 is 1.48 bits per heavy atom. The van der Waals surface area contributed by atoms with Crippen molar-refractivity contribution in [3.8, 4) is 0 Å². The second-order valence-electron chi connectivity index (χ2n) is 15.0. The smallest absolute Gasteiger partial charge is 0.247 e. The van der Waals surface area contributed by atoms with Crippen LogP contribution in [0.1, 0.15) is 58.2 Å². The van der Waals surface area contributed by atoms with Gasteiger partial charge in [-0.1, -0.05) is 30.3 Å². The molecule has 4 heterocycles. The van der Waals surface area contributed by atoms with E-state index in [9.17, 15) is 23.5 Å². The number of fused-ring (bicyclic) bond motifs is 2. The third kappa shape index (κ3) is 7.13. The number of carbonyl (C=O) groups is 2. The molecule has 0 spiro atoms. The molecule has 4 aromatic carbocycles. The van der Waals surface area contributed by atoms with E-state index in [1.54, 1.807) is 12.1 Å². The first-order chi connectivity index (χ1) is 26.1. The van der Waals surface area contributed by atoms with Crippen molar-refractivity contribution in [2.45, 2.75) is 69.7 Å². The number of piperidine rings is 1. The highest BCUT2D eigenvalue weighted by Crippen LogP contribution is 2.38. The summed E-state index contributed by atoms with van der Waals surface area (Å²) in [6, 6.07) is 18.7. The van der Waals surface area contributed by atoms with Crippen molar-refractivity contribution in [1.29, 1.82) is 0 Å². The number of amides is 2. The average Bonchev–Trinajstić information content (AvgIpc) is 3.86. The largest absolute Gasteiger partial charge is 0.394 e. The summed E-state index contributed by atoms with van der Waals surface area (Å²) in [6.07, 6.45) is 1.43. The van der Waals surface area contributed by atoms with Crippen molar-refractivity contribution in [3.63, 3.8) is 0 Å². The van der Waals surface area contributed by atoms with E-state index in [2.05, 4.69) is 37.6 Å². The van der Waals surface area contributed by atoms with Crippen LogP contribution in [0, 0.1) is 25.5 Å². The number of aliphatic hydroxyl groups excluding tert-OH is 1. The van der Waals surface area contributed by atoms with E-state index < -0.39 is 24.3 Å². The summed E-state index contributed by atoms with van der Waals surface area (Å²) in [5, 5.41) is 26.4. The van der Waals surface area contributed by atoms with Gasteiger partial charge in [0.05, 0.1) is 12.7 Å². The van der Waals surface area contributed by atoms with Crippen LogP contribution < -0.4 is 31.5 Å². The van der Waals surface area contributed by atoms with Gasteiger partial charge in [0.2, 0.25) is 11.8 Å². The van der Waals surface area contributed by atoms with Gasteiger partial charge in [-0.05, 0) is 98.8 Å². The zero-order valence-corrected chi connectivity index (χ0v) is 30.5. The quantitative estimate of drug-likeness (QED) is 0.131. The van der Waals surface area contributed by atoms with Crippen LogP contribution in [0.2, 0.25) is 0 Å². The van der Waals surface area contributed by atoms with Crippen LogP contribution in [-0.2, 0) is 27.2 Å². The maximum absolute atomic E-state index is 14.7. The van der Waals surface area contributed by atoms with Crippen LogP contribution >= 0.6 is 0 Å². The van der Waals surface area contributed by atoms with Gasteiger partial charge >= 0.3 is 0 Å². The fraction of sp³-hybridized carbons (Fsp3) is 0.381. The average molecular weight is 737 g/mol. The summed E-state index contributed by atoms with van der Waals surface area (Å²) in [7, 11) is 0. The van der Waals surface area contributed by atoms with Crippen LogP contribution in [0.4, 0.5) is 37.2 Å². The van der Waals surface area contributed by atoms with Crippen molar-refractivity contribution in [2.24, 2.45) is 0 Å². The van der Waals surface area contributed by atoms with Crippen LogP contribution in [0.15, 0.2) is 66.7 Å². The van der Waals surface area contributed by atoms with Crippen molar-refractivity contribution in [3.05, 3.63) is 112 Å². The molecule has 0 aliphatic carbocycles. The van der Waals surface area contributed by atoms with Gasteiger partial charge in [0, 0.05) is 71.1 Å². The number of aliphatic hydroxyl groups is 1. The Labute approximate surface area is 313 Å². The molecule has 4 aromatic rings. The number of benzene rings is 4. The molecule has 4 unspecified atom stereocenters. The Hall–Kier alpha value is -5.04. The number of rotatable bonds is 8. The molecule has 6 N–H and O–H groups in total. The van der Waals surface area contributed by atoms with E-state index >= 15 is 0 Å². The summed E-state index contributed by atoms with van der Waals surface area (Å²) < 4.78 is 35.7. The summed E-state index contributed by atoms with van der Waals surface area (Å²) in [5.74, 6) is -0.836. The third-order valence-corrected chi connectivity index (χ3v) is 11.4. The molecule has 2 fully saturated rings. The van der Waals surface area contributed by atoms with Crippen LogP contribution in [-0.4, -0.2) is 67.9 Å². The molecular formula is C42H46F2N6O4. The van der Waals surface area contributed by atoms with Crippen LogP contribution in [0.5, 0.6) is 0 Å². The Morgan fingerprint density at radius 3 is 2.11 bits per heavy atom. The van der Waals surface area contributed by atoms with Crippen molar-refractivity contribution in [1.82, 2.24) is 5.32 Å². The lowest BCUT2D eigenvalue weighted by Gasteiger charge is -2.40. The fourth-order valence-electron chi connectivity index (χ4n) is 8.38. The van der Waals surface area contributed by atoms with Gasteiger partial charge < -0.3 is 41.3 Å². The number of ether oxygens (including phenoxy) is 1. The first-order valence-electron chi connectivity index (χ1n) is 18.8. The molecule has 0 saturated carbocycles. The Balaban J connectivity index is 1.03. The molecule has 282 valence electrons. The molecule has 0 radical (unpaired) electrons. The number of carbonyl (C=O) groups excluding carboxylic acids is 2. The predicted octanol–water partition coefficient (Wildman–Crippen LogP) is 5.94. The van der Waals surface area contributed by atoms with Crippen molar-refractivity contribution < 1.29 is 28.2 Å². The molecule has 10 nitrogen and oxygen atoms in total. The predicted molar refractivity (Wildman–Crippen MR) is 206 cm³/mol. The number of nitrogens with zero attached hydrogens (tertiary/aromatic N) is 1. The maximum Gasteiger partial charge on any atom is 0.247 e. The minimum absolute atomic E-state index is 0.211. The monoisotopic (exact) mass is 736 g/mol. The number of hydrogen-bond donors (Lipinski definition) is 6. The van der Waals surface area contributed by atoms with E-state index in [1.165, 1.54) is 12.1 Å². The van der Waals surface area contributed by atoms with Crippen LogP contribution in [0.3, 0.4) is 0 Å². The summed E-state index contributed by atoms with van der Waals surface area (Å²) in [5.41, 5.74) is 8.11. The lowest BCUT2D eigenvalue weighted by atomic mass is 9.88. The van der Waals surface area contributed by atoms with Crippen molar-refractivity contribution >= 4 is 40.3 Å². The van der Waals surface area contributed by atoms with Gasteiger partial charge in [0.15, 0.2) is 0 Å². The summed E-state index contributed by atoms with van der Waals surface area (Å²) >= 11 is 0. The standard InChI is InChI=1S/C42H46F2N6O4/c1-23-6-10-33(43)31-18-36(47-39(23)31)41(52)46-27-4-3-5-28(17-27)50-20-29(22-51)54-38(21-50)30-9-8-26(25-12-14-45-15-13-25)16-35(30)49-42(53)37-19-32-34(44)11-7-24(2)40(32)48-37/h3-11,16-17,25,29,36-38,45,47-48,51H,12-15,18-22H2,1-2H3,(H,46,52)(H,49,53). The lowest BCUT2D eigenvalue weighted by Crippen LogP contribution is -2.46. The number of aryl methyl sites for hydroxylation is 2. The number of halogens is 2. The number of anilines is 5. The van der Waals surface area contributed by atoms with E-state index in [1.807, 2.05) is 50.2 Å². The zero-order valence-electron chi connectivity index (χ0n) is 30.5. The van der Waals surface area contributed by atoms with Gasteiger partial charge in [-0.15, -0.1) is 0 Å². The molecule has 4 aliphatic heterocycles.